The Labute approximate surface area is 85.9 Å². The third-order valence-electron chi connectivity index (χ3n) is 3.23. The van der Waals surface area contributed by atoms with Gasteiger partial charge in [0.05, 0.1) is 5.60 Å². The topological polar surface area (TPSA) is 49.3 Å². The summed E-state index contributed by atoms with van der Waals surface area (Å²) in [6.07, 6.45) is 4.49. The van der Waals surface area contributed by atoms with Gasteiger partial charge in [0, 0.05) is 12.5 Å². The third kappa shape index (κ3) is 2.71. The van der Waals surface area contributed by atoms with Gasteiger partial charge in [-0.1, -0.05) is 13.8 Å². The van der Waals surface area contributed by atoms with E-state index in [1.54, 1.807) is 0 Å². The summed E-state index contributed by atoms with van der Waals surface area (Å²) in [5, 5.41) is 12.6. The predicted octanol–water partition coefficient (Wildman–Crippen LogP) is 1.45. The molecule has 0 bridgehead atoms. The summed E-state index contributed by atoms with van der Waals surface area (Å²) in [5.74, 6) is 0.203. The van der Waals surface area contributed by atoms with Crippen LogP contribution in [0.2, 0.25) is 0 Å². The number of nitrogens with one attached hydrogen (secondary N) is 1. The fourth-order valence-corrected chi connectivity index (χ4v) is 1.82. The van der Waals surface area contributed by atoms with E-state index in [9.17, 15) is 9.90 Å². The van der Waals surface area contributed by atoms with Gasteiger partial charge in [0.15, 0.2) is 0 Å². The van der Waals surface area contributed by atoms with Crippen LogP contribution in [0.1, 0.15) is 46.0 Å². The van der Waals surface area contributed by atoms with Gasteiger partial charge in [-0.2, -0.15) is 0 Å². The lowest BCUT2D eigenvalue weighted by Gasteiger charge is -2.36. The molecule has 14 heavy (non-hydrogen) atoms. The molecule has 1 amide bonds. The van der Waals surface area contributed by atoms with Gasteiger partial charge in [-0.15, -0.1) is 0 Å². The molecule has 1 rings (SSSR count). The predicted molar refractivity (Wildman–Crippen MR) is 55.9 cm³/mol. The van der Waals surface area contributed by atoms with Crippen LogP contribution in [-0.2, 0) is 4.79 Å². The Hall–Kier alpha value is -0.570. The quantitative estimate of drug-likeness (QED) is 0.704. The van der Waals surface area contributed by atoms with E-state index in [2.05, 4.69) is 5.32 Å². The number of hydrogen-bond acceptors (Lipinski definition) is 2. The smallest absolute Gasteiger partial charge is 0.223 e. The molecule has 0 heterocycles. The molecule has 1 aliphatic carbocycles. The summed E-state index contributed by atoms with van der Waals surface area (Å²) < 4.78 is 0. The first-order valence-corrected chi connectivity index (χ1v) is 5.61. The fraction of sp³-hybridized carbons (Fsp3) is 0.909. The average molecular weight is 199 g/mol. The molecule has 1 aliphatic rings. The van der Waals surface area contributed by atoms with Gasteiger partial charge in [-0.25, -0.2) is 0 Å². The second-order valence-corrected chi connectivity index (χ2v) is 4.31. The number of hydrogen-bond donors (Lipinski definition) is 2. The maximum atomic E-state index is 11.6. The number of amides is 1. The lowest BCUT2D eigenvalue weighted by molar-refractivity contribution is -0.127. The Bertz CT molecular complexity index is 195. The molecule has 0 aromatic heterocycles. The molecule has 0 radical (unpaired) electrons. The van der Waals surface area contributed by atoms with Crippen LogP contribution < -0.4 is 5.32 Å². The van der Waals surface area contributed by atoms with Crippen molar-refractivity contribution in [3.05, 3.63) is 0 Å². The van der Waals surface area contributed by atoms with E-state index in [4.69, 9.17) is 0 Å². The minimum atomic E-state index is -0.596. The second kappa shape index (κ2) is 4.78. The Kier molecular flexibility index (Phi) is 3.93. The van der Waals surface area contributed by atoms with Crippen molar-refractivity contribution in [3.63, 3.8) is 0 Å². The largest absolute Gasteiger partial charge is 0.388 e. The molecule has 0 aromatic carbocycles. The van der Waals surface area contributed by atoms with Crippen LogP contribution >= 0.6 is 0 Å². The number of carbonyl (C=O) groups excluding carboxylic acids is 1. The summed E-state index contributed by atoms with van der Waals surface area (Å²) >= 11 is 0. The zero-order chi connectivity index (χ0) is 10.6. The molecule has 0 saturated heterocycles. The van der Waals surface area contributed by atoms with Crippen molar-refractivity contribution in [3.8, 4) is 0 Å². The Morgan fingerprint density at radius 3 is 2.36 bits per heavy atom. The third-order valence-corrected chi connectivity index (χ3v) is 3.23. The molecule has 3 heteroatoms. The minimum absolute atomic E-state index is 0.0929. The highest BCUT2D eigenvalue weighted by Gasteiger charge is 2.34. The SMILES string of the molecule is CCC(CC)C(=O)NCC1(O)CCC1. The molecule has 2 N–H and O–H groups in total. The van der Waals surface area contributed by atoms with Crippen molar-refractivity contribution in [2.45, 2.75) is 51.6 Å². The first-order valence-electron chi connectivity index (χ1n) is 5.61. The van der Waals surface area contributed by atoms with Crippen LogP contribution in [0.4, 0.5) is 0 Å². The Morgan fingerprint density at radius 1 is 1.43 bits per heavy atom. The standard InChI is InChI=1S/C11H21NO2/c1-3-9(4-2)10(13)12-8-11(14)6-5-7-11/h9,14H,3-8H2,1-2H3,(H,12,13). The summed E-state index contributed by atoms with van der Waals surface area (Å²) in [6, 6.07) is 0. The Morgan fingerprint density at radius 2 is 2.00 bits per heavy atom. The van der Waals surface area contributed by atoms with E-state index >= 15 is 0 Å². The fourth-order valence-electron chi connectivity index (χ4n) is 1.82. The zero-order valence-corrected chi connectivity index (χ0v) is 9.18. The summed E-state index contributed by atoms with van der Waals surface area (Å²) in [6.45, 7) is 4.47. The maximum absolute atomic E-state index is 11.6. The zero-order valence-electron chi connectivity index (χ0n) is 9.18. The van der Waals surface area contributed by atoms with Gasteiger partial charge in [0.25, 0.3) is 0 Å². The molecule has 0 unspecified atom stereocenters. The first-order chi connectivity index (χ1) is 6.61. The number of aliphatic hydroxyl groups is 1. The van der Waals surface area contributed by atoms with E-state index in [-0.39, 0.29) is 11.8 Å². The van der Waals surface area contributed by atoms with Gasteiger partial charge in [-0.05, 0) is 32.1 Å². The van der Waals surface area contributed by atoms with Gasteiger partial charge in [-0.3, -0.25) is 4.79 Å². The van der Waals surface area contributed by atoms with Crippen LogP contribution in [0.25, 0.3) is 0 Å². The van der Waals surface area contributed by atoms with Crippen molar-refractivity contribution in [2.24, 2.45) is 5.92 Å². The van der Waals surface area contributed by atoms with Crippen LogP contribution in [0.15, 0.2) is 0 Å². The van der Waals surface area contributed by atoms with E-state index in [1.807, 2.05) is 13.8 Å². The van der Waals surface area contributed by atoms with Crippen molar-refractivity contribution >= 4 is 5.91 Å². The van der Waals surface area contributed by atoms with Crippen LogP contribution in [-0.4, -0.2) is 23.2 Å². The first kappa shape index (κ1) is 11.5. The van der Waals surface area contributed by atoms with E-state index in [1.165, 1.54) is 0 Å². The Balaban J connectivity index is 2.26. The second-order valence-electron chi connectivity index (χ2n) is 4.31. The molecule has 0 aromatic rings. The van der Waals surface area contributed by atoms with Crippen LogP contribution in [0.5, 0.6) is 0 Å². The van der Waals surface area contributed by atoms with Crippen molar-refractivity contribution in [1.29, 1.82) is 0 Å². The van der Waals surface area contributed by atoms with Gasteiger partial charge < -0.3 is 10.4 Å². The number of rotatable bonds is 5. The summed E-state index contributed by atoms with van der Waals surface area (Å²) in [5.41, 5.74) is -0.596. The van der Waals surface area contributed by atoms with Gasteiger partial charge in [0.2, 0.25) is 5.91 Å². The van der Waals surface area contributed by atoms with E-state index in [0.717, 1.165) is 32.1 Å². The van der Waals surface area contributed by atoms with E-state index in [0.29, 0.717) is 6.54 Å². The minimum Gasteiger partial charge on any atom is -0.388 e. The molecule has 1 fully saturated rings. The van der Waals surface area contributed by atoms with Crippen molar-refractivity contribution in [2.75, 3.05) is 6.54 Å². The lowest BCUT2D eigenvalue weighted by atomic mass is 9.80. The molecule has 0 spiro atoms. The average Bonchev–Trinajstić information content (AvgIpc) is 2.13. The molecule has 82 valence electrons. The molecular weight excluding hydrogens is 178 g/mol. The molecule has 0 aliphatic heterocycles. The van der Waals surface area contributed by atoms with Crippen LogP contribution in [0.3, 0.4) is 0 Å². The normalized spacial score (nSPS) is 19.1. The maximum Gasteiger partial charge on any atom is 0.223 e. The van der Waals surface area contributed by atoms with E-state index < -0.39 is 5.60 Å². The monoisotopic (exact) mass is 199 g/mol. The van der Waals surface area contributed by atoms with Crippen LogP contribution in [0, 0.1) is 5.92 Å². The van der Waals surface area contributed by atoms with Gasteiger partial charge >= 0.3 is 0 Å². The highest BCUT2D eigenvalue weighted by molar-refractivity contribution is 5.78. The van der Waals surface area contributed by atoms with Gasteiger partial charge in [0.1, 0.15) is 0 Å². The molecular formula is C11H21NO2. The summed E-state index contributed by atoms with van der Waals surface area (Å²) in [7, 11) is 0. The van der Waals surface area contributed by atoms with Crippen molar-refractivity contribution in [1.82, 2.24) is 5.32 Å². The number of carbonyl (C=O) groups is 1. The lowest BCUT2D eigenvalue weighted by Crippen LogP contribution is -2.48. The molecule has 0 atom stereocenters. The van der Waals surface area contributed by atoms with Crippen molar-refractivity contribution < 1.29 is 9.90 Å². The highest BCUT2D eigenvalue weighted by Crippen LogP contribution is 2.30. The highest BCUT2D eigenvalue weighted by atomic mass is 16.3. The summed E-state index contributed by atoms with van der Waals surface area (Å²) in [4.78, 5) is 11.6. The molecule has 1 saturated carbocycles. The molecule has 3 nitrogen and oxygen atoms in total.